The van der Waals surface area contributed by atoms with Gasteiger partial charge in [0.15, 0.2) is 0 Å². The number of nitrogens with one attached hydrogen (secondary N) is 1. The van der Waals surface area contributed by atoms with E-state index in [9.17, 15) is 4.79 Å². The second-order valence-electron chi connectivity index (χ2n) is 6.51. The van der Waals surface area contributed by atoms with Crippen LogP contribution in [0.2, 0.25) is 0 Å². The van der Waals surface area contributed by atoms with Gasteiger partial charge in [0.05, 0.1) is 20.8 Å². The maximum absolute atomic E-state index is 12.7. The molecule has 26 heavy (non-hydrogen) atoms. The summed E-state index contributed by atoms with van der Waals surface area (Å²) in [4.78, 5) is 16.5. The number of carbonyl (C=O) groups excluding carboxylic acids is 1. The molecule has 0 spiro atoms. The molecule has 1 N–H and O–H groups in total. The quantitative estimate of drug-likeness (QED) is 0.914. The minimum Gasteiger partial charge on any atom is -0.497 e. The average Bonchev–Trinajstić information content (AvgIpc) is 2.66. The van der Waals surface area contributed by atoms with Crippen molar-refractivity contribution in [2.75, 3.05) is 45.1 Å². The molecule has 6 nitrogen and oxygen atoms in total. The highest BCUT2D eigenvalue weighted by Crippen LogP contribution is 2.33. The van der Waals surface area contributed by atoms with Crippen molar-refractivity contribution in [2.45, 2.75) is 13.0 Å². The molecule has 0 atom stereocenters. The van der Waals surface area contributed by atoms with E-state index in [0.29, 0.717) is 13.1 Å². The third kappa shape index (κ3) is 3.69. The molecule has 0 radical (unpaired) electrons. The molecular formula is C20H25N3O3. The normalized spacial score (nSPS) is 13.0. The Bertz CT molecular complexity index is 770. The number of amides is 2. The highest BCUT2D eigenvalue weighted by atomic mass is 16.5. The van der Waals surface area contributed by atoms with Crippen LogP contribution >= 0.6 is 0 Å². The molecule has 1 heterocycles. The summed E-state index contributed by atoms with van der Waals surface area (Å²) in [5, 5.41) is 2.97. The largest absolute Gasteiger partial charge is 0.497 e. The highest BCUT2D eigenvalue weighted by molar-refractivity contribution is 5.89. The zero-order valence-corrected chi connectivity index (χ0v) is 15.7. The van der Waals surface area contributed by atoms with Gasteiger partial charge < -0.3 is 24.6 Å². The lowest BCUT2D eigenvalue weighted by Crippen LogP contribution is -2.39. The van der Waals surface area contributed by atoms with Crippen LogP contribution in [0.25, 0.3) is 0 Å². The Morgan fingerprint density at radius 2 is 1.85 bits per heavy atom. The van der Waals surface area contributed by atoms with Crippen molar-refractivity contribution in [1.82, 2.24) is 4.90 Å². The van der Waals surface area contributed by atoms with Crippen molar-refractivity contribution >= 4 is 17.4 Å². The topological polar surface area (TPSA) is 54.0 Å². The molecule has 0 saturated heterocycles. The second-order valence-corrected chi connectivity index (χ2v) is 6.51. The number of anilines is 2. The van der Waals surface area contributed by atoms with Crippen LogP contribution in [0.1, 0.15) is 11.1 Å². The lowest BCUT2D eigenvalue weighted by molar-refractivity contribution is 0.205. The molecule has 0 fully saturated rings. The minimum absolute atomic E-state index is 0.105. The van der Waals surface area contributed by atoms with Crippen molar-refractivity contribution in [3.63, 3.8) is 0 Å². The Morgan fingerprint density at radius 1 is 1.12 bits per heavy atom. The molecule has 0 unspecified atom stereocenters. The van der Waals surface area contributed by atoms with Gasteiger partial charge >= 0.3 is 6.03 Å². The van der Waals surface area contributed by atoms with Crippen LogP contribution in [0.4, 0.5) is 16.2 Å². The lowest BCUT2D eigenvalue weighted by Gasteiger charge is -2.30. The monoisotopic (exact) mass is 355 g/mol. The van der Waals surface area contributed by atoms with Gasteiger partial charge in [-0.15, -0.1) is 0 Å². The van der Waals surface area contributed by atoms with E-state index < -0.39 is 0 Å². The number of carbonyl (C=O) groups is 1. The average molecular weight is 355 g/mol. The van der Waals surface area contributed by atoms with E-state index in [4.69, 9.17) is 9.47 Å². The van der Waals surface area contributed by atoms with E-state index in [1.807, 2.05) is 55.4 Å². The van der Waals surface area contributed by atoms with Crippen LogP contribution in [0, 0.1) is 0 Å². The Hall–Kier alpha value is -2.89. The zero-order valence-electron chi connectivity index (χ0n) is 15.7. The number of benzene rings is 2. The summed E-state index contributed by atoms with van der Waals surface area (Å²) in [6.07, 6.45) is 0.774. The highest BCUT2D eigenvalue weighted by Gasteiger charge is 2.24. The number of fused-ring (bicyclic) bond motifs is 1. The van der Waals surface area contributed by atoms with E-state index in [-0.39, 0.29) is 6.03 Å². The third-order valence-electron chi connectivity index (χ3n) is 4.65. The molecule has 2 aromatic carbocycles. The molecule has 2 amide bonds. The van der Waals surface area contributed by atoms with Crippen LogP contribution < -0.4 is 19.7 Å². The lowest BCUT2D eigenvalue weighted by atomic mass is 9.98. The van der Waals surface area contributed by atoms with Gasteiger partial charge in [0.2, 0.25) is 0 Å². The molecule has 1 aliphatic heterocycles. The first-order chi connectivity index (χ1) is 12.5. The smallest absolute Gasteiger partial charge is 0.322 e. The van der Waals surface area contributed by atoms with E-state index >= 15 is 0 Å². The summed E-state index contributed by atoms with van der Waals surface area (Å²) in [5.74, 6) is 1.53. The predicted molar refractivity (Wildman–Crippen MR) is 103 cm³/mol. The van der Waals surface area contributed by atoms with Gasteiger partial charge in [0.1, 0.15) is 11.5 Å². The van der Waals surface area contributed by atoms with E-state index in [0.717, 1.165) is 34.9 Å². The summed E-state index contributed by atoms with van der Waals surface area (Å²) in [7, 11) is 7.26. The van der Waals surface area contributed by atoms with Crippen molar-refractivity contribution in [3.8, 4) is 11.5 Å². The van der Waals surface area contributed by atoms with Gasteiger partial charge in [-0.3, -0.25) is 0 Å². The Kier molecular flexibility index (Phi) is 5.21. The molecule has 0 aliphatic carbocycles. The number of urea groups is 1. The number of nitrogens with zero attached hydrogens (tertiary/aromatic N) is 2. The van der Waals surface area contributed by atoms with Gasteiger partial charge in [-0.2, -0.15) is 0 Å². The Morgan fingerprint density at radius 3 is 2.46 bits per heavy atom. The summed E-state index contributed by atoms with van der Waals surface area (Å²) < 4.78 is 10.8. The molecule has 3 rings (SSSR count). The van der Waals surface area contributed by atoms with Gasteiger partial charge in [-0.05, 0) is 42.3 Å². The fourth-order valence-corrected chi connectivity index (χ4v) is 3.12. The van der Waals surface area contributed by atoms with Crippen LogP contribution in [-0.2, 0) is 13.0 Å². The van der Waals surface area contributed by atoms with Crippen molar-refractivity contribution in [2.24, 2.45) is 0 Å². The molecule has 2 aromatic rings. The van der Waals surface area contributed by atoms with E-state index in [2.05, 4.69) is 5.32 Å². The van der Waals surface area contributed by atoms with Gasteiger partial charge in [-0.1, -0.05) is 0 Å². The summed E-state index contributed by atoms with van der Waals surface area (Å²) in [6, 6.07) is 11.6. The van der Waals surface area contributed by atoms with Crippen LogP contribution in [-0.4, -0.2) is 45.8 Å². The molecule has 1 aliphatic rings. The van der Waals surface area contributed by atoms with E-state index in [1.54, 1.807) is 19.1 Å². The SMILES string of the molecule is COc1cc2c(c(OC)c1)CN(C(=O)Nc1ccc(N(C)C)cc1)CC2. The van der Waals surface area contributed by atoms with Gasteiger partial charge in [0, 0.05) is 43.6 Å². The number of ether oxygens (including phenoxy) is 2. The fourth-order valence-electron chi connectivity index (χ4n) is 3.12. The Balaban J connectivity index is 1.72. The van der Waals surface area contributed by atoms with Crippen LogP contribution in [0.5, 0.6) is 11.5 Å². The standard InChI is InChI=1S/C20H25N3O3/c1-22(2)16-7-5-15(6-8-16)21-20(24)23-10-9-14-11-17(25-3)12-19(26-4)18(14)13-23/h5-8,11-12H,9-10,13H2,1-4H3,(H,21,24). The number of hydrogen-bond donors (Lipinski definition) is 1. The molecular weight excluding hydrogens is 330 g/mol. The molecule has 0 saturated carbocycles. The van der Waals surface area contributed by atoms with Gasteiger partial charge in [-0.25, -0.2) is 4.79 Å². The first-order valence-corrected chi connectivity index (χ1v) is 8.59. The Labute approximate surface area is 154 Å². The zero-order chi connectivity index (χ0) is 18.7. The van der Waals surface area contributed by atoms with Crippen molar-refractivity contribution in [3.05, 3.63) is 47.5 Å². The number of methoxy groups -OCH3 is 2. The number of hydrogen-bond acceptors (Lipinski definition) is 4. The fraction of sp³-hybridized carbons (Fsp3) is 0.350. The maximum atomic E-state index is 12.7. The summed E-state index contributed by atoms with van der Waals surface area (Å²) in [6.45, 7) is 1.18. The first kappa shape index (κ1) is 17.9. The third-order valence-corrected chi connectivity index (χ3v) is 4.65. The molecule has 6 heteroatoms. The minimum atomic E-state index is -0.105. The predicted octanol–water partition coefficient (Wildman–Crippen LogP) is 3.36. The van der Waals surface area contributed by atoms with Crippen molar-refractivity contribution in [1.29, 1.82) is 0 Å². The van der Waals surface area contributed by atoms with Gasteiger partial charge in [0.25, 0.3) is 0 Å². The van der Waals surface area contributed by atoms with Crippen molar-refractivity contribution < 1.29 is 14.3 Å². The van der Waals surface area contributed by atoms with Crippen LogP contribution in [0.15, 0.2) is 36.4 Å². The molecule has 0 bridgehead atoms. The summed E-state index contributed by atoms with van der Waals surface area (Å²) in [5.41, 5.74) is 4.08. The summed E-state index contributed by atoms with van der Waals surface area (Å²) >= 11 is 0. The number of rotatable bonds is 4. The maximum Gasteiger partial charge on any atom is 0.322 e. The molecule has 138 valence electrons. The van der Waals surface area contributed by atoms with E-state index in [1.165, 1.54) is 5.56 Å². The second kappa shape index (κ2) is 7.56. The first-order valence-electron chi connectivity index (χ1n) is 8.59. The molecule has 0 aromatic heterocycles. The van der Waals surface area contributed by atoms with Crippen LogP contribution in [0.3, 0.4) is 0 Å².